The van der Waals surface area contributed by atoms with Gasteiger partial charge < -0.3 is 13.9 Å². The molecule has 0 spiro atoms. The van der Waals surface area contributed by atoms with E-state index < -0.39 is 0 Å². The van der Waals surface area contributed by atoms with Crippen LogP contribution >= 0.6 is 0 Å². The Balaban J connectivity index is 1.14. The molecule has 0 atom stereocenters. The van der Waals surface area contributed by atoms with Gasteiger partial charge in [0.25, 0.3) is 0 Å². The number of para-hydroxylation sites is 4. The molecule has 10 rings (SSSR count). The van der Waals surface area contributed by atoms with Gasteiger partial charge in [-0.2, -0.15) is 0 Å². The van der Waals surface area contributed by atoms with Crippen LogP contribution in [0.4, 0.5) is 17.1 Å². The Hall–Kier alpha value is -6.84. The Kier molecular flexibility index (Phi) is 6.81. The number of anilines is 3. The monoisotopic (exact) mass is 652 g/mol. The van der Waals surface area contributed by atoms with Crippen molar-refractivity contribution in [2.45, 2.75) is 0 Å². The summed E-state index contributed by atoms with van der Waals surface area (Å²) in [4.78, 5) is 2.32. The molecule has 0 fully saturated rings. The zero-order chi connectivity index (χ0) is 33.7. The van der Waals surface area contributed by atoms with Gasteiger partial charge in [0.2, 0.25) is 0 Å². The first-order valence-electron chi connectivity index (χ1n) is 17.4. The predicted molar refractivity (Wildman–Crippen MR) is 214 cm³/mol. The average Bonchev–Trinajstić information content (AvgIpc) is 3.75. The van der Waals surface area contributed by atoms with E-state index in [2.05, 4.69) is 191 Å². The lowest BCUT2D eigenvalue weighted by molar-refractivity contribution is 0.669. The minimum atomic E-state index is 0.870. The van der Waals surface area contributed by atoms with Gasteiger partial charge in [-0.15, -0.1) is 0 Å². The Morgan fingerprint density at radius 1 is 0.373 bits per heavy atom. The standard InChI is InChI=1S/C48H32N2O/c1-3-13-33(14-4-1)35-15-11-18-38(31-35)49(39-29-30-43-42-20-8-10-24-46(42)51-47(43)32-39)37-27-25-34(26-28-37)40-21-12-22-44-41-19-7-9-23-45(41)50(48(40)44)36-16-5-2-6-17-36/h1-32H. The first-order valence-corrected chi connectivity index (χ1v) is 17.4. The molecule has 0 aliphatic carbocycles. The lowest BCUT2D eigenvalue weighted by Crippen LogP contribution is -2.10. The molecule has 3 nitrogen and oxygen atoms in total. The van der Waals surface area contributed by atoms with E-state index >= 15 is 0 Å². The minimum absolute atomic E-state index is 0.870. The third-order valence-corrected chi connectivity index (χ3v) is 9.98. The fourth-order valence-electron chi connectivity index (χ4n) is 7.64. The van der Waals surface area contributed by atoms with Crippen LogP contribution < -0.4 is 4.90 Å². The van der Waals surface area contributed by atoms with Crippen molar-refractivity contribution < 1.29 is 4.42 Å². The maximum absolute atomic E-state index is 6.37. The van der Waals surface area contributed by atoms with Crippen LogP contribution in [0.15, 0.2) is 199 Å². The number of rotatable bonds is 6. The van der Waals surface area contributed by atoms with E-state index in [4.69, 9.17) is 4.42 Å². The molecule has 8 aromatic carbocycles. The highest BCUT2D eigenvalue weighted by Gasteiger charge is 2.19. The van der Waals surface area contributed by atoms with E-state index in [0.717, 1.165) is 50.3 Å². The average molecular weight is 653 g/mol. The largest absolute Gasteiger partial charge is 0.456 e. The van der Waals surface area contributed by atoms with E-state index in [1.54, 1.807) is 0 Å². The summed E-state index contributed by atoms with van der Waals surface area (Å²) < 4.78 is 8.77. The summed E-state index contributed by atoms with van der Waals surface area (Å²) in [6, 6.07) is 69.1. The Morgan fingerprint density at radius 3 is 1.84 bits per heavy atom. The van der Waals surface area contributed by atoms with Crippen molar-refractivity contribution in [3.05, 3.63) is 194 Å². The quantitative estimate of drug-likeness (QED) is 0.178. The molecule has 51 heavy (non-hydrogen) atoms. The fraction of sp³-hybridized carbons (Fsp3) is 0. The molecule has 240 valence electrons. The van der Waals surface area contributed by atoms with Gasteiger partial charge in [0, 0.05) is 55.9 Å². The highest BCUT2D eigenvalue weighted by atomic mass is 16.3. The van der Waals surface area contributed by atoms with Crippen LogP contribution in [0, 0.1) is 0 Å². The molecular formula is C48H32N2O. The second kappa shape index (κ2) is 11.9. The van der Waals surface area contributed by atoms with E-state index in [0.29, 0.717) is 0 Å². The van der Waals surface area contributed by atoms with Crippen LogP contribution in [0.3, 0.4) is 0 Å². The van der Waals surface area contributed by atoms with E-state index in [1.165, 1.54) is 38.5 Å². The summed E-state index contributed by atoms with van der Waals surface area (Å²) in [6.07, 6.45) is 0. The highest BCUT2D eigenvalue weighted by Crippen LogP contribution is 2.42. The van der Waals surface area contributed by atoms with Crippen molar-refractivity contribution in [2.24, 2.45) is 0 Å². The molecule has 0 saturated carbocycles. The summed E-state index contributed by atoms with van der Waals surface area (Å²) >= 11 is 0. The van der Waals surface area contributed by atoms with Gasteiger partial charge >= 0.3 is 0 Å². The van der Waals surface area contributed by atoms with Crippen molar-refractivity contribution in [2.75, 3.05) is 4.90 Å². The van der Waals surface area contributed by atoms with Crippen molar-refractivity contribution in [1.29, 1.82) is 0 Å². The van der Waals surface area contributed by atoms with Crippen LogP contribution in [0.5, 0.6) is 0 Å². The van der Waals surface area contributed by atoms with Crippen LogP contribution in [0.2, 0.25) is 0 Å². The summed E-state index contributed by atoms with van der Waals surface area (Å²) in [7, 11) is 0. The molecule has 10 aromatic rings. The van der Waals surface area contributed by atoms with Gasteiger partial charge in [-0.1, -0.05) is 127 Å². The van der Waals surface area contributed by atoms with Gasteiger partial charge in [0.05, 0.1) is 11.0 Å². The molecule has 2 aromatic heterocycles. The summed E-state index contributed by atoms with van der Waals surface area (Å²) in [5, 5.41) is 4.74. The van der Waals surface area contributed by atoms with Crippen molar-refractivity contribution in [1.82, 2.24) is 4.57 Å². The first-order chi connectivity index (χ1) is 25.3. The molecule has 0 aliphatic rings. The molecule has 3 heteroatoms. The fourth-order valence-corrected chi connectivity index (χ4v) is 7.64. The smallest absolute Gasteiger partial charge is 0.137 e. The molecule has 0 unspecified atom stereocenters. The number of aromatic nitrogens is 1. The molecule has 2 heterocycles. The van der Waals surface area contributed by atoms with E-state index in [1.807, 2.05) is 12.1 Å². The normalized spacial score (nSPS) is 11.5. The third kappa shape index (κ3) is 4.90. The van der Waals surface area contributed by atoms with E-state index in [9.17, 15) is 0 Å². The van der Waals surface area contributed by atoms with Crippen LogP contribution in [0.25, 0.3) is 71.7 Å². The second-order valence-electron chi connectivity index (χ2n) is 13.0. The molecule has 0 N–H and O–H groups in total. The maximum atomic E-state index is 6.37. The van der Waals surface area contributed by atoms with Crippen molar-refractivity contribution in [3.63, 3.8) is 0 Å². The van der Waals surface area contributed by atoms with E-state index in [-0.39, 0.29) is 0 Å². The summed E-state index contributed by atoms with van der Waals surface area (Å²) in [5.74, 6) is 0. The Bertz CT molecular complexity index is 2850. The number of furan rings is 1. The minimum Gasteiger partial charge on any atom is -0.456 e. The van der Waals surface area contributed by atoms with Gasteiger partial charge in [-0.3, -0.25) is 0 Å². The van der Waals surface area contributed by atoms with Gasteiger partial charge in [0.15, 0.2) is 0 Å². The Morgan fingerprint density at radius 2 is 1.00 bits per heavy atom. The maximum Gasteiger partial charge on any atom is 0.137 e. The number of nitrogens with zero attached hydrogens (tertiary/aromatic N) is 2. The molecule has 0 bridgehead atoms. The number of benzene rings is 8. The molecular weight excluding hydrogens is 621 g/mol. The summed E-state index contributed by atoms with van der Waals surface area (Å²) in [5.41, 5.74) is 13.2. The third-order valence-electron chi connectivity index (χ3n) is 9.98. The molecule has 0 aliphatic heterocycles. The summed E-state index contributed by atoms with van der Waals surface area (Å²) in [6.45, 7) is 0. The number of hydrogen-bond donors (Lipinski definition) is 0. The van der Waals surface area contributed by atoms with Crippen LogP contribution in [-0.2, 0) is 0 Å². The SMILES string of the molecule is c1ccc(-c2cccc(N(c3ccc(-c4cccc5c6ccccc6n(-c6ccccc6)c45)cc3)c3ccc4c(c3)oc3ccccc34)c2)cc1. The van der Waals surface area contributed by atoms with Crippen LogP contribution in [0.1, 0.15) is 0 Å². The zero-order valence-corrected chi connectivity index (χ0v) is 27.8. The lowest BCUT2D eigenvalue weighted by Gasteiger charge is -2.26. The lowest BCUT2D eigenvalue weighted by atomic mass is 10.0. The number of fused-ring (bicyclic) bond motifs is 6. The molecule has 0 radical (unpaired) electrons. The number of hydrogen-bond acceptors (Lipinski definition) is 2. The molecule has 0 amide bonds. The van der Waals surface area contributed by atoms with Gasteiger partial charge in [-0.25, -0.2) is 0 Å². The van der Waals surface area contributed by atoms with Crippen molar-refractivity contribution in [3.8, 4) is 27.9 Å². The highest BCUT2D eigenvalue weighted by molar-refractivity contribution is 6.14. The predicted octanol–water partition coefficient (Wildman–Crippen LogP) is 13.5. The van der Waals surface area contributed by atoms with Gasteiger partial charge in [-0.05, 0) is 77.4 Å². The Labute approximate surface area is 295 Å². The second-order valence-corrected chi connectivity index (χ2v) is 13.0. The van der Waals surface area contributed by atoms with Crippen molar-refractivity contribution >= 4 is 60.8 Å². The molecule has 0 saturated heterocycles. The topological polar surface area (TPSA) is 21.3 Å². The zero-order valence-electron chi connectivity index (χ0n) is 27.8. The first kappa shape index (κ1) is 29.1. The van der Waals surface area contributed by atoms with Gasteiger partial charge in [0.1, 0.15) is 11.2 Å². The van der Waals surface area contributed by atoms with Crippen LogP contribution in [-0.4, -0.2) is 4.57 Å².